The quantitative estimate of drug-likeness (QED) is 0.746. The number of para-hydroxylation sites is 1. The van der Waals surface area contributed by atoms with E-state index in [2.05, 4.69) is 10.3 Å². The van der Waals surface area contributed by atoms with Gasteiger partial charge in [-0.3, -0.25) is 14.5 Å². The highest BCUT2D eigenvalue weighted by Gasteiger charge is 2.22. The number of carbonyl (C=O) groups excluding carboxylic acids is 1. The topological polar surface area (TPSA) is 65.2 Å². The average molecular weight is 369 g/mol. The Labute approximate surface area is 153 Å². The van der Waals surface area contributed by atoms with Crippen LogP contribution in [-0.2, 0) is 17.8 Å². The number of fused-ring (bicyclic) bond motifs is 2. The Kier molecular flexibility index (Phi) is 4.45. The number of H-pyrrole nitrogens is 1. The van der Waals surface area contributed by atoms with Gasteiger partial charge < -0.3 is 10.3 Å². The van der Waals surface area contributed by atoms with Crippen molar-refractivity contribution in [2.45, 2.75) is 13.0 Å². The van der Waals surface area contributed by atoms with Gasteiger partial charge in [-0.25, -0.2) is 8.78 Å². The Balaban J connectivity index is 1.51. The third-order valence-corrected chi connectivity index (χ3v) is 4.73. The van der Waals surface area contributed by atoms with E-state index in [4.69, 9.17) is 0 Å². The number of benzene rings is 2. The summed E-state index contributed by atoms with van der Waals surface area (Å²) in [6.45, 7) is 0.899. The second kappa shape index (κ2) is 6.92. The fourth-order valence-corrected chi connectivity index (χ4v) is 3.40. The Bertz CT molecular complexity index is 1090. The number of pyridine rings is 1. The minimum atomic E-state index is -0.698. The van der Waals surface area contributed by atoms with E-state index in [-0.39, 0.29) is 17.7 Å². The van der Waals surface area contributed by atoms with Gasteiger partial charge in [-0.2, -0.15) is 0 Å². The highest BCUT2D eigenvalue weighted by molar-refractivity contribution is 5.92. The molecule has 7 heteroatoms. The third-order valence-electron chi connectivity index (χ3n) is 4.73. The lowest BCUT2D eigenvalue weighted by atomic mass is 10.0. The molecular formula is C20H17F2N3O2. The predicted octanol–water partition coefficient (Wildman–Crippen LogP) is 2.80. The number of hydrogen-bond donors (Lipinski definition) is 2. The van der Waals surface area contributed by atoms with Crippen molar-refractivity contribution < 1.29 is 13.6 Å². The van der Waals surface area contributed by atoms with E-state index < -0.39 is 17.5 Å². The van der Waals surface area contributed by atoms with Crippen molar-refractivity contribution in [2.75, 3.05) is 18.4 Å². The largest absolute Gasteiger partial charge is 0.358 e. The van der Waals surface area contributed by atoms with Crippen LogP contribution in [0.2, 0.25) is 0 Å². The van der Waals surface area contributed by atoms with E-state index in [0.29, 0.717) is 30.5 Å². The number of rotatable bonds is 3. The van der Waals surface area contributed by atoms with Gasteiger partial charge in [0.25, 0.3) is 0 Å². The van der Waals surface area contributed by atoms with Gasteiger partial charge in [-0.05, 0) is 24.3 Å². The number of anilines is 1. The number of nitrogens with one attached hydrogen (secondary N) is 2. The van der Waals surface area contributed by atoms with E-state index in [1.165, 1.54) is 0 Å². The van der Waals surface area contributed by atoms with Crippen molar-refractivity contribution in [3.8, 4) is 0 Å². The number of hydrogen-bond acceptors (Lipinski definition) is 3. The number of nitrogens with zero attached hydrogens (tertiary/aromatic N) is 1. The summed E-state index contributed by atoms with van der Waals surface area (Å²) in [7, 11) is 0. The normalized spacial score (nSPS) is 14.1. The second-order valence-corrected chi connectivity index (χ2v) is 6.59. The lowest BCUT2D eigenvalue weighted by molar-refractivity contribution is -0.117. The zero-order valence-electron chi connectivity index (χ0n) is 14.4. The summed E-state index contributed by atoms with van der Waals surface area (Å²) in [5.41, 5.74) is 2.09. The van der Waals surface area contributed by atoms with Crippen LogP contribution in [0.15, 0.2) is 47.3 Å². The molecule has 0 aliphatic carbocycles. The minimum Gasteiger partial charge on any atom is -0.358 e. The van der Waals surface area contributed by atoms with Crippen molar-refractivity contribution in [2.24, 2.45) is 0 Å². The molecule has 0 saturated carbocycles. The standard InChI is InChI=1S/C20H17F2N3O2/c21-12-5-6-15(22)18(9-12)24-19(26)11-25-8-7-17-14(10-25)20(27)13-3-1-2-4-16(13)23-17/h1-6,9H,7-8,10-11H2,(H,23,27)(H,24,26). The maximum Gasteiger partial charge on any atom is 0.238 e. The summed E-state index contributed by atoms with van der Waals surface area (Å²) in [4.78, 5) is 30.1. The van der Waals surface area contributed by atoms with E-state index in [0.717, 1.165) is 29.4 Å². The van der Waals surface area contributed by atoms with Gasteiger partial charge in [0.15, 0.2) is 5.43 Å². The van der Waals surface area contributed by atoms with Crippen molar-refractivity contribution in [3.05, 3.63) is 75.6 Å². The Hall–Kier alpha value is -3.06. The molecule has 4 rings (SSSR count). The maximum absolute atomic E-state index is 13.7. The molecule has 138 valence electrons. The van der Waals surface area contributed by atoms with Crippen molar-refractivity contribution in [3.63, 3.8) is 0 Å². The first-order valence-electron chi connectivity index (χ1n) is 8.61. The first-order chi connectivity index (χ1) is 13.0. The molecule has 1 aromatic heterocycles. The van der Waals surface area contributed by atoms with E-state index >= 15 is 0 Å². The van der Waals surface area contributed by atoms with E-state index in [1.807, 2.05) is 23.1 Å². The molecule has 2 N–H and O–H groups in total. The summed E-state index contributed by atoms with van der Waals surface area (Å²) in [6.07, 6.45) is 0.608. The van der Waals surface area contributed by atoms with Gasteiger partial charge in [0.2, 0.25) is 5.91 Å². The summed E-state index contributed by atoms with van der Waals surface area (Å²) < 4.78 is 26.9. The molecule has 3 aromatic rings. The second-order valence-electron chi connectivity index (χ2n) is 6.59. The highest BCUT2D eigenvalue weighted by Crippen LogP contribution is 2.19. The Morgan fingerprint density at radius 3 is 2.85 bits per heavy atom. The van der Waals surface area contributed by atoms with E-state index in [1.54, 1.807) is 6.07 Å². The fourth-order valence-electron chi connectivity index (χ4n) is 3.40. The van der Waals surface area contributed by atoms with Crippen molar-refractivity contribution in [1.82, 2.24) is 9.88 Å². The van der Waals surface area contributed by atoms with Crippen molar-refractivity contribution >= 4 is 22.5 Å². The average Bonchev–Trinajstić information content (AvgIpc) is 2.65. The van der Waals surface area contributed by atoms with Crippen LogP contribution in [0.3, 0.4) is 0 Å². The summed E-state index contributed by atoms with van der Waals surface area (Å²) in [6, 6.07) is 10.2. The number of aromatic nitrogens is 1. The molecule has 0 unspecified atom stereocenters. The van der Waals surface area contributed by atoms with Crippen LogP contribution in [0, 0.1) is 11.6 Å². The molecule has 0 fully saturated rings. The zero-order valence-corrected chi connectivity index (χ0v) is 14.4. The van der Waals surface area contributed by atoms with Crippen LogP contribution in [0.5, 0.6) is 0 Å². The van der Waals surface area contributed by atoms with Crippen LogP contribution in [0.25, 0.3) is 10.9 Å². The van der Waals surface area contributed by atoms with Gasteiger partial charge in [0, 0.05) is 47.7 Å². The molecular weight excluding hydrogens is 352 g/mol. The number of carbonyl (C=O) groups is 1. The van der Waals surface area contributed by atoms with Crippen LogP contribution < -0.4 is 10.7 Å². The monoisotopic (exact) mass is 369 g/mol. The molecule has 0 saturated heterocycles. The van der Waals surface area contributed by atoms with Crippen LogP contribution in [0.4, 0.5) is 14.5 Å². The summed E-state index contributed by atoms with van der Waals surface area (Å²) in [5.74, 6) is -1.78. The Morgan fingerprint density at radius 1 is 1.19 bits per heavy atom. The number of aromatic amines is 1. The van der Waals surface area contributed by atoms with Gasteiger partial charge in [-0.15, -0.1) is 0 Å². The molecule has 0 spiro atoms. The molecule has 0 bridgehead atoms. The van der Waals surface area contributed by atoms with Gasteiger partial charge in [-0.1, -0.05) is 12.1 Å². The molecule has 0 atom stereocenters. The zero-order chi connectivity index (χ0) is 19.0. The van der Waals surface area contributed by atoms with Crippen molar-refractivity contribution in [1.29, 1.82) is 0 Å². The molecule has 2 heterocycles. The van der Waals surface area contributed by atoms with Gasteiger partial charge >= 0.3 is 0 Å². The molecule has 5 nitrogen and oxygen atoms in total. The molecule has 2 aromatic carbocycles. The molecule has 1 aliphatic rings. The molecule has 0 radical (unpaired) electrons. The molecule has 1 aliphatic heterocycles. The predicted molar refractivity (Wildman–Crippen MR) is 98.5 cm³/mol. The number of halogens is 2. The molecule has 1 amide bonds. The lowest BCUT2D eigenvalue weighted by Crippen LogP contribution is -2.39. The van der Waals surface area contributed by atoms with E-state index in [9.17, 15) is 18.4 Å². The SMILES string of the molecule is O=C(CN1CCc2[nH]c3ccccc3c(=O)c2C1)Nc1cc(F)ccc1F. The third kappa shape index (κ3) is 3.46. The number of amides is 1. The first-order valence-corrected chi connectivity index (χ1v) is 8.61. The summed E-state index contributed by atoms with van der Waals surface area (Å²) >= 11 is 0. The smallest absolute Gasteiger partial charge is 0.238 e. The highest BCUT2D eigenvalue weighted by atomic mass is 19.1. The maximum atomic E-state index is 13.7. The summed E-state index contributed by atoms with van der Waals surface area (Å²) in [5, 5.41) is 3.00. The van der Waals surface area contributed by atoms with Crippen LogP contribution >= 0.6 is 0 Å². The fraction of sp³-hybridized carbons (Fsp3) is 0.200. The van der Waals surface area contributed by atoms with Gasteiger partial charge in [0.05, 0.1) is 12.2 Å². The Morgan fingerprint density at radius 2 is 2.00 bits per heavy atom. The molecule has 27 heavy (non-hydrogen) atoms. The van der Waals surface area contributed by atoms with Crippen LogP contribution in [-0.4, -0.2) is 28.9 Å². The minimum absolute atomic E-state index is 0.0122. The first kappa shape index (κ1) is 17.4. The lowest BCUT2D eigenvalue weighted by Gasteiger charge is -2.27. The van der Waals surface area contributed by atoms with Crippen LogP contribution in [0.1, 0.15) is 11.3 Å². The van der Waals surface area contributed by atoms with Gasteiger partial charge in [0.1, 0.15) is 11.6 Å².